The molecule has 0 heterocycles. The number of hydrazine groups is 1. The largest absolute Gasteiger partial charge is 0.271 e. The zero-order valence-electron chi connectivity index (χ0n) is 12.0. The molecule has 0 amide bonds. The molecule has 0 spiro atoms. The van der Waals surface area contributed by atoms with Crippen LogP contribution in [0.3, 0.4) is 0 Å². The van der Waals surface area contributed by atoms with Gasteiger partial charge in [0.15, 0.2) is 0 Å². The van der Waals surface area contributed by atoms with Crippen LogP contribution in [0.5, 0.6) is 0 Å². The van der Waals surface area contributed by atoms with Gasteiger partial charge in [-0.15, -0.1) is 0 Å². The van der Waals surface area contributed by atoms with Crippen LogP contribution in [0.4, 0.5) is 4.39 Å². The molecule has 0 bridgehead atoms. The zero-order chi connectivity index (χ0) is 13.8. The highest BCUT2D eigenvalue weighted by molar-refractivity contribution is 5.26. The third-order valence-corrected chi connectivity index (χ3v) is 4.54. The molecule has 1 aromatic carbocycles. The molecule has 1 aliphatic carbocycles. The smallest absolute Gasteiger partial charge is 0.123 e. The van der Waals surface area contributed by atoms with Gasteiger partial charge >= 0.3 is 0 Å². The maximum atomic E-state index is 13.5. The molecule has 1 saturated carbocycles. The van der Waals surface area contributed by atoms with Crippen LogP contribution < -0.4 is 11.3 Å². The lowest BCUT2D eigenvalue weighted by Crippen LogP contribution is -2.35. The van der Waals surface area contributed by atoms with E-state index in [1.807, 2.05) is 13.0 Å². The Morgan fingerprint density at radius 3 is 2.47 bits per heavy atom. The van der Waals surface area contributed by atoms with Crippen molar-refractivity contribution in [1.29, 1.82) is 0 Å². The van der Waals surface area contributed by atoms with E-state index in [1.165, 1.54) is 32.1 Å². The van der Waals surface area contributed by atoms with Crippen molar-refractivity contribution in [2.75, 3.05) is 0 Å². The monoisotopic (exact) mass is 264 g/mol. The molecule has 2 nitrogen and oxygen atoms in total. The van der Waals surface area contributed by atoms with E-state index in [0.29, 0.717) is 5.92 Å². The Morgan fingerprint density at radius 1 is 1.26 bits per heavy atom. The van der Waals surface area contributed by atoms with Gasteiger partial charge in [-0.05, 0) is 54.9 Å². The molecule has 2 rings (SSSR count). The van der Waals surface area contributed by atoms with E-state index in [4.69, 9.17) is 5.84 Å². The van der Waals surface area contributed by atoms with Crippen LogP contribution in [-0.2, 0) is 0 Å². The van der Waals surface area contributed by atoms with Gasteiger partial charge in [-0.1, -0.05) is 32.3 Å². The fourth-order valence-corrected chi connectivity index (χ4v) is 3.38. The summed E-state index contributed by atoms with van der Waals surface area (Å²) in [6, 6.07) is 5.29. The van der Waals surface area contributed by atoms with Crippen molar-refractivity contribution in [2.45, 2.75) is 52.0 Å². The second-order valence-electron chi connectivity index (χ2n) is 5.90. The van der Waals surface area contributed by atoms with Crippen molar-refractivity contribution in [1.82, 2.24) is 5.43 Å². The highest BCUT2D eigenvalue weighted by Gasteiger charge is 2.27. The third-order valence-electron chi connectivity index (χ3n) is 4.54. The summed E-state index contributed by atoms with van der Waals surface area (Å²) in [6.45, 7) is 4.19. The van der Waals surface area contributed by atoms with Crippen molar-refractivity contribution in [3.8, 4) is 0 Å². The van der Waals surface area contributed by atoms with Crippen LogP contribution in [0.25, 0.3) is 0 Å². The summed E-state index contributed by atoms with van der Waals surface area (Å²) in [6.07, 6.45) is 6.18. The van der Waals surface area contributed by atoms with Crippen molar-refractivity contribution in [2.24, 2.45) is 17.7 Å². The van der Waals surface area contributed by atoms with E-state index >= 15 is 0 Å². The summed E-state index contributed by atoms with van der Waals surface area (Å²) < 4.78 is 13.5. The fraction of sp³-hybridized carbons (Fsp3) is 0.625. The molecule has 1 fully saturated rings. The topological polar surface area (TPSA) is 38.0 Å². The van der Waals surface area contributed by atoms with Gasteiger partial charge in [-0.2, -0.15) is 0 Å². The number of rotatable bonds is 4. The van der Waals surface area contributed by atoms with Gasteiger partial charge in [0.2, 0.25) is 0 Å². The van der Waals surface area contributed by atoms with Crippen molar-refractivity contribution < 1.29 is 4.39 Å². The lowest BCUT2D eigenvalue weighted by atomic mass is 9.76. The molecule has 1 unspecified atom stereocenters. The van der Waals surface area contributed by atoms with Crippen LogP contribution in [0.15, 0.2) is 18.2 Å². The van der Waals surface area contributed by atoms with Gasteiger partial charge in [-0.25, -0.2) is 4.39 Å². The predicted octanol–water partition coefficient (Wildman–Crippen LogP) is 3.85. The van der Waals surface area contributed by atoms with Gasteiger partial charge in [0.25, 0.3) is 0 Å². The Balaban J connectivity index is 2.11. The Kier molecular flexibility index (Phi) is 4.94. The third kappa shape index (κ3) is 3.54. The normalized spacial score (nSPS) is 25.3. The quantitative estimate of drug-likeness (QED) is 0.640. The highest BCUT2D eigenvalue weighted by atomic mass is 19.1. The van der Waals surface area contributed by atoms with E-state index < -0.39 is 0 Å². The van der Waals surface area contributed by atoms with E-state index in [0.717, 1.165) is 17.0 Å². The van der Waals surface area contributed by atoms with Gasteiger partial charge in [-0.3, -0.25) is 11.3 Å². The van der Waals surface area contributed by atoms with Crippen LogP contribution in [0, 0.1) is 24.6 Å². The Labute approximate surface area is 115 Å². The van der Waals surface area contributed by atoms with Crippen molar-refractivity contribution in [3.63, 3.8) is 0 Å². The molecule has 0 aliphatic heterocycles. The number of hydrogen-bond acceptors (Lipinski definition) is 2. The van der Waals surface area contributed by atoms with Gasteiger partial charge in [0.05, 0.1) is 0 Å². The van der Waals surface area contributed by atoms with Gasteiger partial charge < -0.3 is 0 Å². The average molecular weight is 264 g/mol. The number of nitrogens with one attached hydrogen (secondary N) is 1. The van der Waals surface area contributed by atoms with Crippen molar-refractivity contribution >= 4 is 0 Å². The molecule has 1 atom stereocenters. The molecule has 3 N–H and O–H groups in total. The van der Waals surface area contributed by atoms with Gasteiger partial charge in [0.1, 0.15) is 5.82 Å². The fourth-order valence-electron chi connectivity index (χ4n) is 3.38. The number of nitrogens with two attached hydrogens (primary N) is 1. The van der Waals surface area contributed by atoms with E-state index in [-0.39, 0.29) is 11.9 Å². The minimum Gasteiger partial charge on any atom is -0.271 e. The summed E-state index contributed by atoms with van der Waals surface area (Å²) in [4.78, 5) is 0. The Morgan fingerprint density at radius 2 is 1.95 bits per heavy atom. The predicted molar refractivity (Wildman–Crippen MR) is 76.9 cm³/mol. The first kappa shape index (κ1) is 14.5. The molecular formula is C16H25FN2. The lowest BCUT2D eigenvalue weighted by molar-refractivity contribution is 0.219. The first-order valence-corrected chi connectivity index (χ1v) is 7.37. The summed E-state index contributed by atoms with van der Waals surface area (Å²) in [7, 11) is 0. The van der Waals surface area contributed by atoms with E-state index in [9.17, 15) is 4.39 Å². The minimum atomic E-state index is -0.169. The Hall–Kier alpha value is -0.930. The minimum absolute atomic E-state index is 0.0761. The molecule has 1 aliphatic rings. The van der Waals surface area contributed by atoms with Crippen LogP contribution in [-0.4, -0.2) is 0 Å². The molecule has 3 heteroatoms. The molecule has 0 aromatic heterocycles. The number of aryl methyl sites for hydroxylation is 1. The lowest BCUT2D eigenvalue weighted by Gasteiger charge is -2.33. The second kappa shape index (κ2) is 6.49. The van der Waals surface area contributed by atoms with Crippen LogP contribution in [0.2, 0.25) is 0 Å². The zero-order valence-corrected chi connectivity index (χ0v) is 12.0. The maximum Gasteiger partial charge on any atom is 0.123 e. The number of halogens is 1. The van der Waals surface area contributed by atoms with Crippen molar-refractivity contribution in [3.05, 3.63) is 35.1 Å². The van der Waals surface area contributed by atoms with Crippen LogP contribution >= 0.6 is 0 Å². The Bertz CT molecular complexity index is 391. The molecule has 1 aromatic rings. The summed E-state index contributed by atoms with van der Waals surface area (Å²) in [5, 5.41) is 0. The molecule has 106 valence electrons. The average Bonchev–Trinajstić information content (AvgIpc) is 2.39. The molecule has 0 radical (unpaired) electrons. The maximum absolute atomic E-state index is 13.5. The van der Waals surface area contributed by atoms with E-state index in [2.05, 4.69) is 12.3 Å². The second-order valence-corrected chi connectivity index (χ2v) is 5.90. The summed E-state index contributed by atoms with van der Waals surface area (Å²) in [5.74, 6) is 6.95. The summed E-state index contributed by atoms with van der Waals surface area (Å²) in [5.41, 5.74) is 4.85. The van der Waals surface area contributed by atoms with E-state index in [1.54, 1.807) is 12.1 Å². The first-order chi connectivity index (χ1) is 9.13. The SMILES string of the molecule is CCC1CCC(C(NN)c2cc(C)cc(F)c2)CC1. The number of benzene rings is 1. The summed E-state index contributed by atoms with van der Waals surface area (Å²) >= 11 is 0. The highest BCUT2D eigenvalue weighted by Crippen LogP contribution is 2.37. The standard InChI is InChI=1S/C16H25FN2/c1-3-12-4-6-13(7-5-12)16(19-18)14-8-11(2)9-15(17)10-14/h8-10,12-13,16,19H,3-7,18H2,1-2H3. The molecule has 0 saturated heterocycles. The molecule has 19 heavy (non-hydrogen) atoms. The van der Waals surface area contributed by atoms with Crippen LogP contribution in [0.1, 0.15) is 56.2 Å². The molecular weight excluding hydrogens is 239 g/mol. The van der Waals surface area contributed by atoms with Gasteiger partial charge in [0, 0.05) is 6.04 Å². The number of hydrogen-bond donors (Lipinski definition) is 2. The first-order valence-electron chi connectivity index (χ1n) is 7.37.